The van der Waals surface area contributed by atoms with E-state index >= 15 is 0 Å². The molecule has 0 saturated heterocycles. The first-order chi connectivity index (χ1) is 15.1. The molecule has 11 heteroatoms. The maximum atomic E-state index is 12.9. The van der Waals surface area contributed by atoms with Crippen LogP contribution >= 0.6 is 11.8 Å². The Hall–Kier alpha value is -3.47. The van der Waals surface area contributed by atoms with Crippen LogP contribution in [0.25, 0.3) is 0 Å². The molecular weight excluding hydrogens is 445 g/mol. The zero-order valence-electron chi connectivity index (χ0n) is 16.7. The van der Waals surface area contributed by atoms with Crippen LogP contribution in [-0.4, -0.2) is 37.5 Å². The maximum Gasteiger partial charge on any atom is 0.451 e. The van der Waals surface area contributed by atoms with Crippen molar-refractivity contribution in [1.29, 1.82) is 0 Å². The molecular formula is C21H15F3N4O3S. The van der Waals surface area contributed by atoms with E-state index in [1.807, 2.05) is 0 Å². The van der Waals surface area contributed by atoms with Gasteiger partial charge < -0.3 is 9.88 Å². The number of fused-ring (bicyclic) bond motifs is 2. The fourth-order valence-corrected chi connectivity index (χ4v) is 4.11. The maximum absolute atomic E-state index is 12.9. The molecule has 1 aliphatic rings. The molecule has 1 heterocycles. The fraction of sp³-hybridized carbons (Fsp3) is 0.190. The highest BCUT2D eigenvalue weighted by molar-refractivity contribution is 8.00. The third kappa shape index (κ3) is 3.79. The lowest BCUT2D eigenvalue weighted by Crippen LogP contribution is -2.24. The predicted molar refractivity (Wildman–Crippen MR) is 110 cm³/mol. The number of thioether (sulfide) groups is 1. The number of alkyl halides is 3. The number of nitrogens with one attached hydrogen (secondary N) is 1. The van der Waals surface area contributed by atoms with E-state index < -0.39 is 23.2 Å². The van der Waals surface area contributed by atoms with Gasteiger partial charge in [0.15, 0.2) is 16.7 Å². The van der Waals surface area contributed by atoms with Gasteiger partial charge in [0.2, 0.25) is 11.7 Å². The summed E-state index contributed by atoms with van der Waals surface area (Å²) in [5.74, 6) is -2.28. The van der Waals surface area contributed by atoms with Crippen LogP contribution in [0.5, 0.6) is 0 Å². The second-order valence-corrected chi connectivity index (χ2v) is 8.38. The minimum atomic E-state index is -4.65. The Balaban J connectivity index is 1.52. The second kappa shape index (κ2) is 7.90. The summed E-state index contributed by atoms with van der Waals surface area (Å²) >= 11 is 0.811. The molecule has 0 saturated carbocycles. The van der Waals surface area contributed by atoms with Gasteiger partial charge in [-0.1, -0.05) is 36.0 Å². The monoisotopic (exact) mass is 460 g/mol. The lowest BCUT2D eigenvalue weighted by Gasteiger charge is -2.18. The van der Waals surface area contributed by atoms with Crippen LogP contribution in [0.4, 0.5) is 18.9 Å². The Morgan fingerprint density at radius 3 is 2.19 bits per heavy atom. The second-order valence-electron chi connectivity index (χ2n) is 7.08. The van der Waals surface area contributed by atoms with Crippen molar-refractivity contribution >= 4 is 34.9 Å². The third-order valence-corrected chi connectivity index (χ3v) is 6.07. The standard InChI is InChI=1S/C21H15F3N4O3S/c1-10(32-20-27-26-19(28(20)2)21(22,23)24)18(31)25-11-7-8-14-15(9-11)17(30)13-6-4-3-5-12(13)16(14)29/h3-10H,1-2H3,(H,25,31). The molecule has 1 aromatic heterocycles. The molecule has 0 radical (unpaired) electrons. The molecule has 1 unspecified atom stereocenters. The molecule has 3 aromatic rings. The normalized spacial score (nSPS) is 14.0. The topological polar surface area (TPSA) is 93.9 Å². The minimum absolute atomic E-state index is 0.0669. The van der Waals surface area contributed by atoms with Crippen molar-refractivity contribution in [2.45, 2.75) is 23.5 Å². The van der Waals surface area contributed by atoms with Crippen molar-refractivity contribution < 1.29 is 27.6 Å². The zero-order chi connectivity index (χ0) is 23.2. The number of amides is 1. The highest BCUT2D eigenvalue weighted by Gasteiger charge is 2.38. The molecule has 0 spiro atoms. The van der Waals surface area contributed by atoms with Gasteiger partial charge in [-0.2, -0.15) is 13.2 Å². The Morgan fingerprint density at radius 1 is 1.00 bits per heavy atom. The van der Waals surface area contributed by atoms with E-state index in [1.54, 1.807) is 24.3 Å². The van der Waals surface area contributed by atoms with Gasteiger partial charge in [0.1, 0.15) is 0 Å². The number of rotatable bonds is 4. The number of aromatic nitrogens is 3. The number of anilines is 1. The molecule has 1 aliphatic carbocycles. The van der Waals surface area contributed by atoms with Crippen LogP contribution in [0.1, 0.15) is 44.6 Å². The zero-order valence-corrected chi connectivity index (χ0v) is 17.5. The van der Waals surface area contributed by atoms with Gasteiger partial charge in [-0.3, -0.25) is 14.4 Å². The highest BCUT2D eigenvalue weighted by Crippen LogP contribution is 2.32. The van der Waals surface area contributed by atoms with E-state index in [0.717, 1.165) is 16.3 Å². The first-order valence-electron chi connectivity index (χ1n) is 9.34. The molecule has 1 amide bonds. The van der Waals surface area contributed by atoms with E-state index in [4.69, 9.17) is 0 Å². The molecule has 1 atom stereocenters. The van der Waals surface area contributed by atoms with Gasteiger partial charge in [-0.05, 0) is 25.1 Å². The van der Waals surface area contributed by atoms with E-state index in [9.17, 15) is 27.6 Å². The SMILES string of the molecule is CC(Sc1nnc(C(F)(F)F)n1C)C(=O)Nc1ccc2c(c1)C(=O)c1ccccc1C2=O. The van der Waals surface area contributed by atoms with Crippen molar-refractivity contribution in [3.05, 3.63) is 70.5 Å². The lowest BCUT2D eigenvalue weighted by molar-refractivity contribution is -0.147. The number of hydrogen-bond donors (Lipinski definition) is 1. The molecule has 0 fully saturated rings. The van der Waals surface area contributed by atoms with Gasteiger partial charge in [-0.15, -0.1) is 10.2 Å². The molecule has 7 nitrogen and oxygen atoms in total. The number of ketones is 2. The predicted octanol–water partition coefficient (Wildman–Crippen LogP) is 3.73. The van der Waals surface area contributed by atoms with Gasteiger partial charge in [-0.25, -0.2) is 0 Å². The van der Waals surface area contributed by atoms with Crippen LogP contribution in [0.3, 0.4) is 0 Å². The molecule has 2 aromatic carbocycles. The summed E-state index contributed by atoms with van der Waals surface area (Å²) in [7, 11) is 1.17. The smallest absolute Gasteiger partial charge is 0.325 e. The van der Waals surface area contributed by atoms with Crippen molar-refractivity contribution in [1.82, 2.24) is 14.8 Å². The summed E-state index contributed by atoms with van der Waals surface area (Å²) in [4.78, 5) is 38.1. The number of carbonyl (C=O) groups excluding carboxylic acids is 3. The molecule has 0 aliphatic heterocycles. The average molecular weight is 460 g/mol. The molecule has 164 valence electrons. The first kappa shape index (κ1) is 21.8. The van der Waals surface area contributed by atoms with E-state index in [-0.39, 0.29) is 33.5 Å². The van der Waals surface area contributed by atoms with E-state index in [2.05, 4.69) is 15.5 Å². The average Bonchev–Trinajstić information content (AvgIpc) is 3.12. The number of hydrogen-bond acceptors (Lipinski definition) is 6. The van der Waals surface area contributed by atoms with Crippen molar-refractivity contribution in [3.8, 4) is 0 Å². The summed E-state index contributed by atoms with van der Waals surface area (Å²) in [6, 6.07) is 10.9. The molecule has 0 bridgehead atoms. The van der Waals surface area contributed by atoms with Crippen LogP contribution in [-0.2, 0) is 18.0 Å². The van der Waals surface area contributed by atoms with Crippen LogP contribution in [0.15, 0.2) is 47.6 Å². The number of halogens is 3. The van der Waals surface area contributed by atoms with Gasteiger partial charge in [0.25, 0.3) is 0 Å². The van der Waals surface area contributed by atoms with E-state index in [1.165, 1.54) is 32.2 Å². The van der Waals surface area contributed by atoms with Gasteiger partial charge >= 0.3 is 6.18 Å². The van der Waals surface area contributed by atoms with Gasteiger partial charge in [0.05, 0.1) is 5.25 Å². The first-order valence-corrected chi connectivity index (χ1v) is 10.2. The number of nitrogens with zero attached hydrogens (tertiary/aromatic N) is 3. The summed E-state index contributed by atoms with van der Waals surface area (Å²) in [6.45, 7) is 1.51. The van der Waals surface area contributed by atoms with Crippen molar-refractivity contribution in [2.75, 3.05) is 5.32 Å². The number of benzene rings is 2. The molecule has 1 N–H and O–H groups in total. The lowest BCUT2D eigenvalue weighted by atomic mass is 9.84. The summed E-state index contributed by atoms with van der Waals surface area (Å²) < 4.78 is 39.4. The molecule has 4 rings (SSSR count). The summed E-state index contributed by atoms with van der Waals surface area (Å²) in [5.41, 5.74) is 1.33. The van der Waals surface area contributed by atoms with Crippen LogP contribution < -0.4 is 5.32 Å². The molecule has 32 heavy (non-hydrogen) atoms. The summed E-state index contributed by atoms with van der Waals surface area (Å²) in [6.07, 6.45) is -4.65. The fourth-order valence-electron chi connectivity index (χ4n) is 3.30. The van der Waals surface area contributed by atoms with Crippen molar-refractivity contribution in [2.24, 2.45) is 7.05 Å². The Morgan fingerprint density at radius 2 is 1.59 bits per heavy atom. The minimum Gasteiger partial charge on any atom is -0.325 e. The van der Waals surface area contributed by atoms with E-state index in [0.29, 0.717) is 11.1 Å². The Bertz CT molecular complexity index is 1270. The Labute approximate surface area is 184 Å². The summed E-state index contributed by atoms with van der Waals surface area (Å²) in [5, 5.41) is 8.38. The number of carbonyl (C=O) groups is 3. The van der Waals surface area contributed by atoms with Crippen LogP contribution in [0.2, 0.25) is 0 Å². The van der Waals surface area contributed by atoms with Gasteiger partial charge in [0, 0.05) is 35.0 Å². The highest BCUT2D eigenvalue weighted by atomic mass is 32.2. The van der Waals surface area contributed by atoms with Crippen molar-refractivity contribution in [3.63, 3.8) is 0 Å². The van der Waals surface area contributed by atoms with Crippen LogP contribution in [0, 0.1) is 0 Å². The largest absolute Gasteiger partial charge is 0.451 e. The quantitative estimate of drug-likeness (QED) is 0.467. The third-order valence-electron chi connectivity index (χ3n) is 4.93. The Kier molecular flexibility index (Phi) is 5.37.